The van der Waals surface area contributed by atoms with Gasteiger partial charge in [0.1, 0.15) is 6.10 Å². The molecule has 1 N–H and O–H groups in total. The van der Waals surface area contributed by atoms with Crippen LogP contribution in [0.2, 0.25) is 0 Å². The van der Waals surface area contributed by atoms with E-state index in [1.807, 2.05) is 12.1 Å². The van der Waals surface area contributed by atoms with Crippen molar-refractivity contribution >= 4 is 0 Å². The zero-order chi connectivity index (χ0) is 18.1. The first-order valence-electron chi connectivity index (χ1n) is 9.89. The lowest BCUT2D eigenvalue weighted by Gasteiger charge is -2.29. The molecule has 0 amide bonds. The van der Waals surface area contributed by atoms with E-state index in [-0.39, 0.29) is 6.10 Å². The molecular weight excluding hydrogens is 332 g/mol. The van der Waals surface area contributed by atoms with Crippen LogP contribution in [0.3, 0.4) is 0 Å². The lowest BCUT2D eigenvalue weighted by Crippen LogP contribution is -2.42. The van der Waals surface area contributed by atoms with E-state index in [4.69, 9.17) is 9.72 Å². The van der Waals surface area contributed by atoms with Crippen LogP contribution in [0.4, 0.5) is 0 Å². The number of rotatable bonds is 4. The van der Waals surface area contributed by atoms with E-state index in [0.29, 0.717) is 12.1 Å². The molecule has 2 aliphatic rings. The number of nitrogens with one attached hydrogen (secondary N) is 1. The molecule has 27 heavy (non-hydrogen) atoms. The van der Waals surface area contributed by atoms with Gasteiger partial charge in [-0.1, -0.05) is 60.7 Å². The fourth-order valence-electron chi connectivity index (χ4n) is 4.39. The first kappa shape index (κ1) is 16.5. The van der Waals surface area contributed by atoms with E-state index in [0.717, 1.165) is 35.5 Å². The van der Waals surface area contributed by atoms with Gasteiger partial charge >= 0.3 is 0 Å². The maximum Gasteiger partial charge on any atom is 0.214 e. The topological polar surface area (TPSA) is 34.1 Å². The fraction of sp³-hybridized carbons (Fsp3) is 0.292. The molecule has 2 bridgehead atoms. The summed E-state index contributed by atoms with van der Waals surface area (Å²) in [5.74, 6) is 0.738. The summed E-state index contributed by atoms with van der Waals surface area (Å²) in [6.07, 6.45) is 4.96. The van der Waals surface area contributed by atoms with Crippen LogP contribution in [0.1, 0.15) is 25.7 Å². The van der Waals surface area contributed by atoms with Crippen molar-refractivity contribution in [3.05, 3.63) is 72.8 Å². The second-order valence-corrected chi connectivity index (χ2v) is 7.66. The number of nitrogens with zero attached hydrogens (tertiary/aromatic N) is 1. The van der Waals surface area contributed by atoms with Crippen LogP contribution in [-0.2, 0) is 0 Å². The van der Waals surface area contributed by atoms with E-state index < -0.39 is 0 Å². The van der Waals surface area contributed by atoms with Crippen molar-refractivity contribution in [2.45, 2.75) is 43.9 Å². The van der Waals surface area contributed by atoms with Gasteiger partial charge < -0.3 is 10.1 Å². The molecule has 0 radical (unpaired) electrons. The molecule has 0 aliphatic carbocycles. The number of pyridine rings is 1. The molecule has 2 saturated heterocycles. The van der Waals surface area contributed by atoms with Crippen molar-refractivity contribution in [1.29, 1.82) is 0 Å². The summed E-state index contributed by atoms with van der Waals surface area (Å²) in [5, 5.41) is 3.68. The predicted molar refractivity (Wildman–Crippen MR) is 109 cm³/mol. The summed E-state index contributed by atoms with van der Waals surface area (Å²) >= 11 is 0. The fourth-order valence-corrected chi connectivity index (χ4v) is 4.39. The second-order valence-electron chi connectivity index (χ2n) is 7.66. The minimum absolute atomic E-state index is 0.255. The molecule has 3 aromatic rings. The van der Waals surface area contributed by atoms with Gasteiger partial charge in [0.15, 0.2) is 0 Å². The summed E-state index contributed by atoms with van der Waals surface area (Å²) in [5.41, 5.74) is 4.41. The summed E-state index contributed by atoms with van der Waals surface area (Å²) < 4.78 is 6.41. The highest BCUT2D eigenvalue weighted by Crippen LogP contribution is 2.32. The molecule has 136 valence electrons. The van der Waals surface area contributed by atoms with E-state index in [9.17, 15) is 0 Å². The van der Waals surface area contributed by atoms with Gasteiger partial charge in [-0.25, -0.2) is 4.98 Å². The number of hydrogen-bond donors (Lipinski definition) is 1. The summed E-state index contributed by atoms with van der Waals surface area (Å²) in [6, 6.07) is 26.3. The smallest absolute Gasteiger partial charge is 0.214 e. The molecule has 3 heterocycles. The number of benzene rings is 2. The van der Waals surface area contributed by atoms with Crippen LogP contribution in [-0.4, -0.2) is 23.2 Å². The van der Waals surface area contributed by atoms with Crippen molar-refractivity contribution in [3.63, 3.8) is 0 Å². The standard InChI is InChI=1S/C24H24N2O/c1-3-7-17(8-4-1)19-13-23(18-9-5-2-6-10-18)26-24(14-19)27-22-15-20-11-12-21(16-22)25-20/h1-10,13-14,20-22,25H,11-12,15-16H2/t20-,21+,22?. The number of hydrogen-bond acceptors (Lipinski definition) is 3. The molecular formula is C24H24N2O. The Labute approximate surface area is 160 Å². The molecule has 1 aromatic heterocycles. The van der Waals surface area contributed by atoms with Crippen LogP contribution in [0.25, 0.3) is 22.4 Å². The van der Waals surface area contributed by atoms with E-state index in [1.54, 1.807) is 0 Å². The SMILES string of the molecule is c1ccc(-c2cc(OC3C[C@H]4CC[C@@H](C3)N4)nc(-c3ccccc3)c2)cc1. The molecule has 3 heteroatoms. The van der Waals surface area contributed by atoms with Crippen LogP contribution >= 0.6 is 0 Å². The normalized spacial score (nSPS) is 23.9. The Morgan fingerprint density at radius 2 is 1.37 bits per heavy atom. The third-order valence-corrected chi connectivity index (χ3v) is 5.70. The maximum atomic E-state index is 6.41. The Morgan fingerprint density at radius 1 is 0.741 bits per heavy atom. The number of aromatic nitrogens is 1. The average molecular weight is 356 g/mol. The lowest BCUT2D eigenvalue weighted by atomic mass is 10.0. The van der Waals surface area contributed by atoms with Crippen molar-refractivity contribution < 1.29 is 4.74 Å². The largest absolute Gasteiger partial charge is 0.474 e. The zero-order valence-corrected chi connectivity index (χ0v) is 15.3. The highest BCUT2D eigenvalue weighted by Gasteiger charge is 2.34. The van der Waals surface area contributed by atoms with Gasteiger partial charge in [-0.2, -0.15) is 0 Å². The van der Waals surface area contributed by atoms with Crippen molar-refractivity contribution in [3.8, 4) is 28.3 Å². The van der Waals surface area contributed by atoms with E-state index in [1.165, 1.54) is 18.4 Å². The van der Waals surface area contributed by atoms with Gasteiger partial charge in [-0.05, 0) is 42.9 Å². The minimum Gasteiger partial charge on any atom is -0.474 e. The quantitative estimate of drug-likeness (QED) is 0.708. The molecule has 3 atom stereocenters. The van der Waals surface area contributed by atoms with Gasteiger partial charge in [0.2, 0.25) is 5.88 Å². The van der Waals surface area contributed by atoms with Crippen molar-refractivity contribution in [2.75, 3.05) is 0 Å². The monoisotopic (exact) mass is 356 g/mol. The Balaban J connectivity index is 1.50. The van der Waals surface area contributed by atoms with Crippen LogP contribution in [0.5, 0.6) is 5.88 Å². The first-order valence-corrected chi connectivity index (χ1v) is 9.89. The molecule has 2 aromatic carbocycles. The average Bonchev–Trinajstić information content (AvgIpc) is 3.07. The number of piperidine rings is 1. The highest BCUT2D eigenvalue weighted by molar-refractivity contribution is 5.71. The molecule has 5 rings (SSSR count). The van der Waals surface area contributed by atoms with E-state index in [2.05, 4.69) is 66.0 Å². The summed E-state index contributed by atoms with van der Waals surface area (Å²) in [4.78, 5) is 4.85. The van der Waals surface area contributed by atoms with Crippen LogP contribution in [0, 0.1) is 0 Å². The number of fused-ring (bicyclic) bond motifs is 2. The molecule has 1 unspecified atom stereocenters. The van der Waals surface area contributed by atoms with E-state index >= 15 is 0 Å². The van der Waals surface area contributed by atoms with Gasteiger partial charge in [0, 0.05) is 23.7 Å². The van der Waals surface area contributed by atoms with Crippen LogP contribution < -0.4 is 10.1 Å². The molecule has 0 spiro atoms. The Bertz CT molecular complexity index is 840. The minimum atomic E-state index is 0.255. The number of ether oxygens (including phenoxy) is 1. The van der Waals surface area contributed by atoms with Crippen molar-refractivity contribution in [1.82, 2.24) is 10.3 Å². The Morgan fingerprint density at radius 3 is 2.04 bits per heavy atom. The zero-order valence-electron chi connectivity index (χ0n) is 15.3. The predicted octanol–water partition coefficient (Wildman–Crippen LogP) is 5.08. The molecule has 0 saturated carbocycles. The molecule has 3 nitrogen and oxygen atoms in total. The van der Waals surface area contributed by atoms with Gasteiger partial charge in [0.25, 0.3) is 0 Å². The Hall–Kier alpha value is -2.65. The highest BCUT2D eigenvalue weighted by atomic mass is 16.5. The van der Waals surface area contributed by atoms with Crippen molar-refractivity contribution in [2.24, 2.45) is 0 Å². The first-order chi connectivity index (χ1) is 13.3. The van der Waals surface area contributed by atoms with Gasteiger partial charge in [0.05, 0.1) is 5.69 Å². The molecule has 2 fully saturated rings. The maximum absolute atomic E-state index is 6.41. The lowest BCUT2D eigenvalue weighted by molar-refractivity contribution is 0.132. The summed E-state index contributed by atoms with van der Waals surface area (Å²) in [6.45, 7) is 0. The van der Waals surface area contributed by atoms with Crippen LogP contribution in [0.15, 0.2) is 72.8 Å². The third-order valence-electron chi connectivity index (χ3n) is 5.70. The molecule has 2 aliphatic heterocycles. The summed E-state index contributed by atoms with van der Waals surface area (Å²) in [7, 11) is 0. The van der Waals surface area contributed by atoms with Gasteiger partial charge in [-0.3, -0.25) is 0 Å². The third kappa shape index (κ3) is 3.60. The second kappa shape index (κ2) is 7.16. The Kier molecular flexibility index (Phi) is 4.38. The van der Waals surface area contributed by atoms with Gasteiger partial charge in [-0.15, -0.1) is 0 Å².